The summed E-state index contributed by atoms with van der Waals surface area (Å²) in [5.41, 5.74) is 12.3. The molecule has 8 nitrogen and oxygen atoms in total. The van der Waals surface area contributed by atoms with E-state index in [0.29, 0.717) is 11.6 Å². The molecule has 4 rings (SSSR count). The largest absolute Gasteiger partial charge is 0.368 e. The summed E-state index contributed by atoms with van der Waals surface area (Å²) in [6, 6.07) is 14.0. The van der Waals surface area contributed by atoms with Crippen molar-refractivity contribution in [2.45, 2.75) is 10.9 Å². The van der Waals surface area contributed by atoms with Crippen LogP contribution in [0.15, 0.2) is 53.0 Å². The van der Waals surface area contributed by atoms with E-state index in [2.05, 4.69) is 25.1 Å². The van der Waals surface area contributed by atoms with Crippen molar-refractivity contribution in [2.75, 3.05) is 11.5 Å². The summed E-state index contributed by atoms with van der Waals surface area (Å²) in [4.78, 5) is 13.0. The number of nitrogen functional groups attached to an aromatic ring is 2. The van der Waals surface area contributed by atoms with Crippen molar-refractivity contribution in [2.24, 2.45) is 0 Å². The molecule has 0 saturated carbocycles. The zero-order valence-corrected chi connectivity index (χ0v) is 15.1. The number of nitrogens with two attached hydrogens (primary N) is 2. The van der Waals surface area contributed by atoms with Gasteiger partial charge >= 0.3 is 0 Å². The zero-order chi connectivity index (χ0) is 17.9. The van der Waals surface area contributed by atoms with Crippen LogP contribution >= 0.6 is 23.1 Å². The van der Waals surface area contributed by atoms with Gasteiger partial charge < -0.3 is 11.5 Å². The Labute approximate surface area is 157 Å². The lowest BCUT2D eigenvalue weighted by Gasteiger charge is -2.09. The normalized spacial score (nSPS) is 10.9. The molecule has 3 aromatic heterocycles. The molecule has 0 amide bonds. The Morgan fingerprint density at radius 1 is 0.923 bits per heavy atom. The van der Waals surface area contributed by atoms with E-state index in [1.807, 2.05) is 52.4 Å². The number of aromatic nitrogens is 6. The Morgan fingerprint density at radius 3 is 2.38 bits per heavy atom. The van der Waals surface area contributed by atoms with E-state index < -0.39 is 0 Å². The van der Waals surface area contributed by atoms with Crippen molar-refractivity contribution >= 4 is 35.0 Å². The van der Waals surface area contributed by atoms with E-state index in [-0.39, 0.29) is 11.9 Å². The first-order valence-electron chi connectivity index (χ1n) is 7.64. The van der Waals surface area contributed by atoms with Crippen LogP contribution in [0, 0.1) is 0 Å². The fraction of sp³-hybridized carbons (Fsp3) is 0.0625. The first-order chi connectivity index (χ1) is 12.7. The minimum Gasteiger partial charge on any atom is -0.368 e. The van der Waals surface area contributed by atoms with Gasteiger partial charge in [0, 0.05) is 5.69 Å². The minimum atomic E-state index is 0.108. The summed E-state index contributed by atoms with van der Waals surface area (Å²) in [6.45, 7) is 0. The molecule has 0 fully saturated rings. The Kier molecular flexibility index (Phi) is 4.50. The highest BCUT2D eigenvalue weighted by atomic mass is 32.2. The summed E-state index contributed by atoms with van der Waals surface area (Å²) < 4.78 is 2.02. The second-order valence-electron chi connectivity index (χ2n) is 5.21. The van der Waals surface area contributed by atoms with Crippen LogP contribution < -0.4 is 11.5 Å². The van der Waals surface area contributed by atoms with E-state index in [4.69, 9.17) is 11.5 Å². The number of para-hydroxylation sites is 1. The topological polar surface area (TPSA) is 121 Å². The fourth-order valence-corrected chi connectivity index (χ4v) is 3.89. The predicted molar refractivity (Wildman–Crippen MR) is 103 cm³/mol. The van der Waals surface area contributed by atoms with E-state index >= 15 is 0 Å². The summed E-state index contributed by atoms with van der Waals surface area (Å²) in [6.07, 6.45) is 0. The highest BCUT2D eigenvalue weighted by Crippen LogP contribution is 2.31. The quantitative estimate of drug-likeness (QED) is 0.505. The Bertz CT molecular complexity index is 994. The SMILES string of the molecule is Nc1nc(N)nc(CSc2nnc(-c3cccs3)n2-c2ccccc2)n1. The van der Waals surface area contributed by atoms with Crippen LogP contribution in [0.5, 0.6) is 0 Å². The van der Waals surface area contributed by atoms with Crippen LogP contribution in [0.3, 0.4) is 0 Å². The van der Waals surface area contributed by atoms with E-state index in [1.165, 1.54) is 11.8 Å². The smallest absolute Gasteiger partial charge is 0.225 e. The van der Waals surface area contributed by atoms with Gasteiger partial charge in [-0.05, 0) is 23.6 Å². The van der Waals surface area contributed by atoms with Crippen LogP contribution in [-0.4, -0.2) is 29.7 Å². The number of anilines is 2. The van der Waals surface area contributed by atoms with Crippen LogP contribution in [0.2, 0.25) is 0 Å². The lowest BCUT2D eigenvalue weighted by Crippen LogP contribution is -2.06. The third-order valence-corrected chi connectivity index (χ3v) is 5.23. The van der Waals surface area contributed by atoms with Gasteiger partial charge in [0.1, 0.15) is 5.82 Å². The average molecular weight is 382 g/mol. The van der Waals surface area contributed by atoms with Crippen LogP contribution in [0.4, 0.5) is 11.9 Å². The number of thioether (sulfide) groups is 1. The standard InChI is InChI=1S/C16H14N8S2/c17-14-19-12(20-15(18)21-14)9-26-16-23-22-13(11-7-4-8-25-11)24(16)10-5-2-1-3-6-10/h1-8H,9H2,(H4,17,18,19,20,21). The van der Waals surface area contributed by atoms with Crippen molar-refractivity contribution in [1.29, 1.82) is 0 Å². The maximum atomic E-state index is 5.63. The number of rotatable bonds is 5. The van der Waals surface area contributed by atoms with Crippen molar-refractivity contribution < 1.29 is 0 Å². The van der Waals surface area contributed by atoms with Crippen LogP contribution in [0.1, 0.15) is 5.82 Å². The molecule has 0 aliphatic carbocycles. The summed E-state index contributed by atoms with van der Waals surface area (Å²) >= 11 is 3.08. The van der Waals surface area contributed by atoms with Gasteiger partial charge in [-0.3, -0.25) is 4.57 Å². The molecule has 0 aliphatic rings. The maximum Gasteiger partial charge on any atom is 0.225 e. The van der Waals surface area contributed by atoms with E-state index in [1.54, 1.807) is 11.3 Å². The molecule has 0 saturated heterocycles. The molecular weight excluding hydrogens is 368 g/mol. The number of benzene rings is 1. The molecule has 0 bridgehead atoms. The highest BCUT2D eigenvalue weighted by Gasteiger charge is 2.17. The third-order valence-electron chi connectivity index (χ3n) is 3.44. The average Bonchev–Trinajstić information content (AvgIpc) is 3.29. The summed E-state index contributed by atoms with van der Waals surface area (Å²) in [5.74, 6) is 1.96. The molecule has 0 aliphatic heterocycles. The molecule has 4 N–H and O–H groups in total. The van der Waals surface area contributed by atoms with Gasteiger partial charge in [0.2, 0.25) is 11.9 Å². The van der Waals surface area contributed by atoms with Gasteiger partial charge in [-0.25, -0.2) is 0 Å². The molecule has 0 unspecified atom stereocenters. The number of hydrogen-bond donors (Lipinski definition) is 2. The fourth-order valence-electron chi connectivity index (χ4n) is 2.39. The summed E-state index contributed by atoms with van der Waals surface area (Å²) in [7, 11) is 0. The molecule has 1 aromatic carbocycles. The monoisotopic (exact) mass is 382 g/mol. The van der Waals surface area contributed by atoms with Crippen molar-refractivity contribution in [3.05, 3.63) is 53.7 Å². The number of hydrogen-bond acceptors (Lipinski definition) is 9. The lowest BCUT2D eigenvalue weighted by atomic mass is 10.3. The first-order valence-corrected chi connectivity index (χ1v) is 9.50. The molecule has 4 aromatic rings. The zero-order valence-electron chi connectivity index (χ0n) is 13.5. The molecule has 0 atom stereocenters. The van der Waals surface area contributed by atoms with E-state index in [9.17, 15) is 0 Å². The van der Waals surface area contributed by atoms with Gasteiger partial charge in [0.05, 0.1) is 10.6 Å². The van der Waals surface area contributed by atoms with Crippen molar-refractivity contribution in [3.63, 3.8) is 0 Å². The second kappa shape index (κ2) is 7.10. The number of nitrogens with zero attached hydrogens (tertiary/aromatic N) is 6. The molecule has 0 spiro atoms. The molecule has 0 radical (unpaired) electrons. The van der Waals surface area contributed by atoms with Gasteiger partial charge in [-0.1, -0.05) is 36.0 Å². The first kappa shape index (κ1) is 16.5. The van der Waals surface area contributed by atoms with Crippen LogP contribution in [0.25, 0.3) is 16.4 Å². The molecule has 3 heterocycles. The lowest BCUT2D eigenvalue weighted by molar-refractivity contribution is 0.882. The molecular formula is C16H14N8S2. The maximum absolute atomic E-state index is 5.63. The molecule has 26 heavy (non-hydrogen) atoms. The van der Waals surface area contributed by atoms with Crippen LogP contribution in [-0.2, 0) is 5.75 Å². The highest BCUT2D eigenvalue weighted by molar-refractivity contribution is 7.98. The van der Waals surface area contributed by atoms with Gasteiger partial charge in [-0.15, -0.1) is 21.5 Å². The van der Waals surface area contributed by atoms with Crippen molar-refractivity contribution in [3.8, 4) is 16.4 Å². The Hall–Kier alpha value is -2.98. The van der Waals surface area contributed by atoms with Gasteiger partial charge in [0.25, 0.3) is 0 Å². The number of thiophene rings is 1. The summed E-state index contributed by atoms with van der Waals surface area (Å²) in [5, 5.41) is 11.5. The van der Waals surface area contributed by atoms with E-state index in [0.717, 1.165) is 21.5 Å². The molecule has 10 heteroatoms. The molecule has 130 valence electrons. The Morgan fingerprint density at radius 2 is 1.69 bits per heavy atom. The third kappa shape index (κ3) is 3.37. The van der Waals surface area contributed by atoms with Crippen molar-refractivity contribution in [1.82, 2.24) is 29.7 Å². The second-order valence-corrected chi connectivity index (χ2v) is 7.10. The predicted octanol–water partition coefficient (Wildman–Crippen LogP) is 2.64. The Balaban J connectivity index is 1.70. The van der Waals surface area contributed by atoms with Gasteiger partial charge in [-0.2, -0.15) is 15.0 Å². The van der Waals surface area contributed by atoms with Gasteiger partial charge in [0.15, 0.2) is 11.0 Å². The minimum absolute atomic E-state index is 0.108.